The van der Waals surface area contributed by atoms with Crippen LogP contribution in [0.15, 0.2) is 24.3 Å². The molecule has 2 atom stereocenters. The van der Waals surface area contributed by atoms with E-state index in [0.29, 0.717) is 5.56 Å². The van der Waals surface area contributed by atoms with Crippen LogP contribution in [0.4, 0.5) is 13.2 Å². The number of carbonyl (C=O) groups is 1. The average Bonchev–Trinajstić information content (AvgIpc) is 2.44. The van der Waals surface area contributed by atoms with Crippen molar-refractivity contribution >= 4 is 17.3 Å². The van der Waals surface area contributed by atoms with Crippen LogP contribution in [0.1, 0.15) is 45.7 Å². The predicted octanol–water partition coefficient (Wildman–Crippen LogP) is 3.63. The molecule has 0 radical (unpaired) electrons. The van der Waals surface area contributed by atoms with Crippen LogP contribution in [0.2, 0.25) is 0 Å². The number of rotatable bonds is 7. The quantitative estimate of drug-likeness (QED) is 0.577. The highest BCUT2D eigenvalue weighted by Crippen LogP contribution is 2.28. The summed E-state index contributed by atoms with van der Waals surface area (Å²) in [5.41, 5.74) is 0.340. The van der Waals surface area contributed by atoms with Gasteiger partial charge in [0, 0.05) is 11.4 Å². The van der Waals surface area contributed by atoms with E-state index in [1.165, 1.54) is 12.1 Å². The smallest absolute Gasteiger partial charge is 0.573 e. The molecule has 9 heteroatoms. The maximum Gasteiger partial charge on any atom is 0.573 e. The maximum absolute atomic E-state index is 12.4. The Hall–Kier alpha value is -1.45. The lowest BCUT2D eigenvalue weighted by molar-refractivity contribution is -0.274. The highest BCUT2D eigenvalue weighted by molar-refractivity contribution is 7.90. The van der Waals surface area contributed by atoms with E-state index < -0.39 is 40.2 Å². The molecular formula is C16H22F3NO4S. The molecule has 0 saturated heterocycles. The van der Waals surface area contributed by atoms with Crippen LogP contribution < -0.4 is 9.46 Å². The lowest BCUT2D eigenvalue weighted by Crippen LogP contribution is -2.42. The normalized spacial score (nSPS) is 14.7. The number of alkyl halides is 3. The molecule has 0 aliphatic rings. The van der Waals surface area contributed by atoms with Crippen molar-refractivity contribution in [3.05, 3.63) is 29.8 Å². The van der Waals surface area contributed by atoms with Gasteiger partial charge >= 0.3 is 12.3 Å². The number of hydrogen-bond donors (Lipinski definition) is 1. The number of esters is 1. The minimum absolute atomic E-state index is 0.172. The van der Waals surface area contributed by atoms with E-state index in [0.717, 1.165) is 12.1 Å². The average molecular weight is 381 g/mol. The molecule has 1 N–H and O–H groups in total. The third-order valence-electron chi connectivity index (χ3n) is 2.98. The van der Waals surface area contributed by atoms with Crippen LogP contribution in [-0.4, -0.2) is 28.2 Å². The Kier molecular flexibility index (Phi) is 7.58. The molecule has 0 fully saturated rings. The van der Waals surface area contributed by atoms with Gasteiger partial charge in [-0.1, -0.05) is 12.1 Å². The van der Waals surface area contributed by atoms with E-state index in [-0.39, 0.29) is 13.0 Å². The molecule has 0 amide bonds. The van der Waals surface area contributed by atoms with Gasteiger partial charge < -0.3 is 14.0 Å². The second-order valence-electron chi connectivity index (χ2n) is 6.18. The topological polar surface area (TPSA) is 70.6 Å². The van der Waals surface area contributed by atoms with E-state index >= 15 is 0 Å². The van der Waals surface area contributed by atoms with Crippen molar-refractivity contribution in [2.45, 2.75) is 51.3 Å². The van der Waals surface area contributed by atoms with E-state index in [1.54, 1.807) is 27.7 Å². The third kappa shape index (κ3) is 7.98. The number of carbonyl (C=O) groups excluding carboxylic acids is 1. The highest BCUT2D eigenvalue weighted by Gasteiger charge is 2.33. The van der Waals surface area contributed by atoms with E-state index in [1.807, 2.05) is 0 Å². The van der Waals surface area contributed by atoms with Crippen molar-refractivity contribution in [3.63, 3.8) is 0 Å². The first-order valence-electron chi connectivity index (χ1n) is 7.61. The summed E-state index contributed by atoms with van der Waals surface area (Å²) in [6.45, 7) is 7.03. The molecule has 0 aromatic heterocycles. The van der Waals surface area contributed by atoms with Crippen LogP contribution in [0.3, 0.4) is 0 Å². The van der Waals surface area contributed by atoms with Crippen molar-refractivity contribution in [3.8, 4) is 5.75 Å². The molecule has 1 aromatic rings. The van der Waals surface area contributed by atoms with Gasteiger partial charge in [-0.3, -0.25) is 4.79 Å². The zero-order chi connectivity index (χ0) is 19.3. The molecule has 142 valence electrons. The molecule has 0 unspecified atom stereocenters. The second-order valence-corrected chi connectivity index (χ2v) is 8.18. The number of benzene rings is 1. The lowest BCUT2D eigenvalue weighted by atomic mass is 10.0. The van der Waals surface area contributed by atoms with Crippen LogP contribution in [0.5, 0.6) is 5.75 Å². The van der Waals surface area contributed by atoms with Crippen molar-refractivity contribution in [2.75, 3.05) is 6.61 Å². The second kappa shape index (κ2) is 8.77. The van der Waals surface area contributed by atoms with Gasteiger partial charge in [0.25, 0.3) is 0 Å². The first-order chi connectivity index (χ1) is 11.4. The fourth-order valence-electron chi connectivity index (χ4n) is 1.85. The van der Waals surface area contributed by atoms with Gasteiger partial charge in [-0.2, -0.15) is 0 Å². The van der Waals surface area contributed by atoms with E-state index in [2.05, 4.69) is 9.46 Å². The van der Waals surface area contributed by atoms with E-state index in [9.17, 15) is 22.5 Å². The Balaban J connectivity index is 3.05. The number of hydrogen-bond acceptors (Lipinski definition) is 5. The molecule has 0 bridgehead atoms. The maximum atomic E-state index is 12.4. The summed E-state index contributed by atoms with van der Waals surface area (Å²) < 4.78 is 60.5. The molecule has 25 heavy (non-hydrogen) atoms. The van der Waals surface area contributed by atoms with Gasteiger partial charge in [0.05, 0.1) is 19.1 Å². The molecule has 0 spiro atoms. The zero-order valence-electron chi connectivity index (χ0n) is 14.5. The highest BCUT2D eigenvalue weighted by atomic mass is 32.2. The summed E-state index contributed by atoms with van der Waals surface area (Å²) in [4.78, 5) is 11.8. The fraction of sp³-hybridized carbons (Fsp3) is 0.562. The Morgan fingerprint density at radius 2 is 1.96 bits per heavy atom. The molecule has 1 rings (SSSR count). The fourth-order valence-corrected chi connectivity index (χ4v) is 2.68. The summed E-state index contributed by atoms with van der Waals surface area (Å²) in [5, 5.41) is 0. The van der Waals surface area contributed by atoms with Gasteiger partial charge in [-0.15, -0.1) is 17.9 Å². The summed E-state index contributed by atoms with van der Waals surface area (Å²) in [5.74, 6) is -0.963. The molecule has 1 aromatic carbocycles. The van der Waals surface area contributed by atoms with Crippen molar-refractivity contribution in [2.24, 2.45) is 0 Å². The van der Waals surface area contributed by atoms with Gasteiger partial charge in [0.15, 0.2) is 0 Å². The summed E-state index contributed by atoms with van der Waals surface area (Å²) in [6.07, 6.45) is -5.00. The minimum Gasteiger partial charge on any atom is -0.598 e. The largest absolute Gasteiger partial charge is 0.598 e. The summed E-state index contributed by atoms with van der Waals surface area (Å²) in [7, 11) is 0. The SMILES string of the molecule is CCOC(=O)C[C@H](N[S@+]([O-])C(C)(C)C)c1cccc(OC(F)(F)F)c1. The Morgan fingerprint density at radius 1 is 1.32 bits per heavy atom. The molecule has 0 saturated carbocycles. The monoisotopic (exact) mass is 381 g/mol. The van der Waals surface area contributed by atoms with Crippen LogP contribution >= 0.6 is 0 Å². The standard InChI is InChI=1S/C16H22F3NO4S/c1-5-23-14(21)10-13(20-25(22)15(2,3)4)11-7-6-8-12(9-11)24-16(17,18)19/h6-9,13,20H,5,10H2,1-4H3/t13-,25+/m0/s1. The van der Waals surface area contributed by atoms with Crippen LogP contribution in [0.25, 0.3) is 0 Å². The molecule has 0 aliphatic carbocycles. The molecule has 0 heterocycles. The number of halogens is 3. The predicted molar refractivity (Wildman–Crippen MR) is 88.1 cm³/mol. The molecule has 0 aliphatic heterocycles. The Bertz CT molecular complexity index is 575. The third-order valence-corrected chi connectivity index (χ3v) is 4.59. The van der Waals surface area contributed by atoms with Gasteiger partial charge in [-0.05, 0) is 45.4 Å². The van der Waals surface area contributed by atoms with Crippen LogP contribution in [-0.2, 0) is 20.9 Å². The minimum atomic E-state index is -4.82. The lowest BCUT2D eigenvalue weighted by Gasteiger charge is -2.28. The van der Waals surface area contributed by atoms with Gasteiger partial charge in [0.1, 0.15) is 10.5 Å². The first-order valence-corrected chi connectivity index (χ1v) is 8.76. The Labute approximate surface area is 148 Å². The van der Waals surface area contributed by atoms with Crippen molar-refractivity contribution in [1.29, 1.82) is 0 Å². The van der Waals surface area contributed by atoms with Gasteiger partial charge in [0.2, 0.25) is 0 Å². The van der Waals surface area contributed by atoms with E-state index in [4.69, 9.17) is 4.74 Å². The number of ether oxygens (including phenoxy) is 2. The summed E-state index contributed by atoms with van der Waals surface area (Å²) in [6, 6.07) is 4.43. The Morgan fingerprint density at radius 3 is 2.48 bits per heavy atom. The number of nitrogens with one attached hydrogen (secondary N) is 1. The van der Waals surface area contributed by atoms with Gasteiger partial charge in [-0.25, -0.2) is 0 Å². The summed E-state index contributed by atoms with van der Waals surface area (Å²) >= 11 is -1.53. The molecule has 5 nitrogen and oxygen atoms in total. The van der Waals surface area contributed by atoms with Crippen molar-refractivity contribution in [1.82, 2.24) is 4.72 Å². The zero-order valence-corrected chi connectivity index (χ0v) is 15.3. The first kappa shape index (κ1) is 21.6. The molecular weight excluding hydrogens is 359 g/mol. The van der Waals surface area contributed by atoms with Crippen LogP contribution in [0, 0.1) is 0 Å². The van der Waals surface area contributed by atoms with Crippen molar-refractivity contribution < 1.29 is 32.0 Å².